The van der Waals surface area contributed by atoms with Crippen molar-refractivity contribution in [3.8, 4) is 5.75 Å². The first-order valence-electron chi connectivity index (χ1n) is 5.67. The van der Waals surface area contributed by atoms with Crippen molar-refractivity contribution >= 4 is 17.7 Å². The average molecular weight is 265 g/mol. The van der Waals surface area contributed by atoms with Crippen molar-refractivity contribution in [2.75, 3.05) is 13.7 Å². The largest absolute Gasteiger partial charge is 0.497 e. The number of hydrogen-bond donors (Lipinski definition) is 0. The zero-order valence-corrected chi connectivity index (χ0v) is 11.0. The molecule has 6 heteroatoms. The second-order valence-electron chi connectivity index (χ2n) is 3.73. The lowest BCUT2D eigenvalue weighted by Crippen LogP contribution is -2.05. The van der Waals surface area contributed by atoms with Crippen molar-refractivity contribution in [2.24, 2.45) is 0 Å². The van der Waals surface area contributed by atoms with Gasteiger partial charge in [-0.1, -0.05) is 0 Å². The number of nitro groups is 1. The van der Waals surface area contributed by atoms with Crippen molar-refractivity contribution in [3.05, 3.63) is 39.4 Å². The Morgan fingerprint density at radius 2 is 2.16 bits per heavy atom. The molecule has 0 amide bonds. The van der Waals surface area contributed by atoms with Gasteiger partial charge in [-0.3, -0.25) is 10.1 Å². The van der Waals surface area contributed by atoms with Crippen LogP contribution in [0.5, 0.6) is 5.75 Å². The molecule has 0 N–H and O–H groups in total. The van der Waals surface area contributed by atoms with Crippen LogP contribution in [0.1, 0.15) is 19.4 Å². The number of ether oxygens (including phenoxy) is 2. The summed E-state index contributed by atoms with van der Waals surface area (Å²) in [6.07, 6.45) is 1.43. The minimum absolute atomic E-state index is 0.122. The highest BCUT2D eigenvalue weighted by molar-refractivity contribution is 5.93. The van der Waals surface area contributed by atoms with Gasteiger partial charge in [-0.15, -0.1) is 0 Å². The molecule has 1 rings (SSSR count). The van der Waals surface area contributed by atoms with Gasteiger partial charge < -0.3 is 9.47 Å². The quantitative estimate of drug-likeness (QED) is 0.354. The number of nitro benzene ring substituents is 1. The summed E-state index contributed by atoms with van der Waals surface area (Å²) in [5.41, 5.74) is 0.509. The van der Waals surface area contributed by atoms with Crippen LogP contribution in [0.2, 0.25) is 0 Å². The van der Waals surface area contributed by atoms with E-state index in [9.17, 15) is 14.9 Å². The first kappa shape index (κ1) is 14.7. The molecule has 0 spiro atoms. The SMILES string of the molecule is CCOC(=O)/C(C)=C\c1ccc(OC)cc1[N+](=O)[O-]. The van der Waals surface area contributed by atoms with E-state index in [2.05, 4.69) is 0 Å². The fraction of sp³-hybridized carbons (Fsp3) is 0.308. The predicted octanol–water partition coefficient (Wildman–Crippen LogP) is 2.57. The number of carbonyl (C=O) groups is 1. The smallest absolute Gasteiger partial charge is 0.333 e. The summed E-state index contributed by atoms with van der Waals surface area (Å²) in [5, 5.41) is 11.0. The third-order valence-electron chi connectivity index (χ3n) is 2.40. The molecule has 0 aliphatic heterocycles. The zero-order valence-electron chi connectivity index (χ0n) is 11.0. The normalized spacial score (nSPS) is 11.0. The molecule has 0 aliphatic rings. The summed E-state index contributed by atoms with van der Waals surface area (Å²) in [5.74, 6) is -0.106. The number of rotatable bonds is 5. The van der Waals surface area contributed by atoms with Gasteiger partial charge in [0.1, 0.15) is 5.75 Å². The molecule has 6 nitrogen and oxygen atoms in total. The molecule has 0 aromatic heterocycles. The molecular formula is C13H15NO5. The second-order valence-corrected chi connectivity index (χ2v) is 3.73. The maximum Gasteiger partial charge on any atom is 0.333 e. The fourth-order valence-corrected chi connectivity index (χ4v) is 1.47. The van der Waals surface area contributed by atoms with Gasteiger partial charge in [0.05, 0.1) is 30.3 Å². The second kappa shape index (κ2) is 6.53. The Labute approximate surface area is 110 Å². The molecule has 0 fully saturated rings. The first-order chi connectivity index (χ1) is 8.99. The summed E-state index contributed by atoms with van der Waals surface area (Å²) in [6, 6.07) is 4.43. The molecule has 1 aromatic carbocycles. The lowest BCUT2D eigenvalue weighted by atomic mass is 10.1. The van der Waals surface area contributed by atoms with E-state index in [0.29, 0.717) is 16.9 Å². The Hall–Kier alpha value is -2.37. The van der Waals surface area contributed by atoms with Gasteiger partial charge in [0, 0.05) is 5.57 Å². The molecule has 0 radical (unpaired) electrons. The number of methoxy groups -OCH3 is 1. The van der Waals surface area contributed by atoms with Gasteiger partial charge in [-0.25, -0.2) is 4.79 Å². The summed E-state index contributed by atoms with van der Waals surface area (Å²) < 4.78 is 9.75. The van der Waals surface area contributed by atoms with Crippen LogP contribution in [0, 0.1) is 10.1 Å². The summed E-state index contributed by atoms with van der Waals surface area (Å²) in [4.78, 5) is 21.9. The Morgan fingerprint density at radius 3 is 2.68 bits per heavy atom. The molecule has 0 saturated carbocycles. The summed E-state index contributed by atoms with van der Waals surface area (Å²) >= 11 is 0. The number of esters is 1. The van der Waals surface area contributed by atoms with Crippen molar-refractivity contribution in [1.82, 2.24) is 0 Å². The molecule has 19 heavy (non-hydrogen) atoms. The van der Waals surface area contributed by atoms with Gasteiger partial charge >= 0.3 is 5.97 Å². The molecule has 0 unspecified atom stereocenters. The van der Waals surface area contributed by atoms with Crippen LogP contribution in [0.4, 0.5) is 5.69 Å². The van der Waals surface area contributed by atoms with Gasteiger partial charge in [0.2, 0.25) is 0 Å². The Morgan fingerprint density at radius 1 is 1.47 bits per heavy atom. The Balaban J connectivity index is 3.16. The Bertz CT molecular complexity index is 522. The van der Waals surface area contributed by atoms with Crippen LogP contribution in [-0.2, 0) is 9.53 Å². The molecular weight excluding hydrogens is 250 g/mol. The fourth-order valence-electron chi connectivity index (χ4n) is 1.47. The maximum atomic E-state index is 11.5. The van der Waals surface area contributed by atoms with Crippen molar-refractivity contribution in [3.63, 3.8) is 0 Å². The lowest BCUT2D eigenvalue weighted by molar-refractivity contribution is -0.385. The summed E-state index contributed by atoms with van der Waals surface area (Å²) in [7, 11) is 1.43. The van der Waals surface area contributed by atoms with E-state index in [4.69, 9.17) is 9.47 Å². The van der Waals surface area contributed by atoms with Gasteiger partial charge in [-0.2, -0.15) is 0 Å². The van der Waals surface area contributed by atoms with E-state index in [1.54, 1.807) is 19.9 Å². The van der Waals surface area contributed by atoms with Crippen molar-refractivity contribution in [2.45, 2.75) is 13.8 Å². The highest BCUT2D eigenvalue weighted by Gasteiger charge is 2.15. The van der Waals surface area contributed by atoms with Crippen molar-refractivity contribution < 1.29 is 19.2 Å². The predicted molar refractivity (Wildman–Crippen MR) is 69.9 cm³/mol. The molecule has 102 valence electrons. The third-order valence-corrected chi connectivity index (χ3v) is 2.40. The lowest BCUT2D eigenvalue weighted by Gasteiger charge is -2.04. The number of benzene rings is 1. The van der Waals surface area contributed by atoms with Crippen LogP contribution in [0.3, 0.4) is 0 Å². The van der Waals surface area contributed by atoms with E-state index in [-0.39, 0.29) is 12.3 Å². The van der Waals surface area contributed by atoms with E-state index in [0.717, 1.165) is 0 Å². The number of carbonyl (C=O) groups excluding carboxylic acids is 1. The monoisotopic (exact) mass is 265 g/mol. The minimum atomic E-state index is -0.521. The highest BCUT2D eigenvalue weighted by Crippen LogP contribution is 2.26. The molecule has 0 saturated heterocycles. The van der Waals surface area contributed by atoms with Crippen LogP contribution in [0.25, 0.3) is 6.08 Å². The minimum Gasteiger partial charge on any atom is -0.497 e. The summed E-state index contributed by atoms with van der Waals surface area (Å²) in [6.45, 7) is 3.50. The molecule has 0 aliphatic carbocycles. The van der Waals surface area contributed by atoms with E-state index < -0.39 is 10.9 Å². The Kier molecular flexibility index (Phi) is 5.05. The number of hydrogen-bond acceptors (Lipinski definition) is 5. The van der Waals surface area contributed by atoms with Crippen LogP contribution in [0.15, 0.2) is 23.8 Å². The van der Waals surface area contributed by atoms with Gasteiger partial charge in [0.25, 0.3) is 5.69 Å². The topological polar surface area (TPSA) is 78.7 Å². The van der Waals surface area contributed by atoms with Gasteiger partial charge in [0.15, 0.2) is 0 Å². The zero-order chi connectivity index (χ0) is 14.4. The molecule has 0 heterocycles. The van der Waals surface area contributed by atoms with Crippen LogP contribution < -0.4 is 4.74 Å². The van der Waals surface area contributed by atoms with Crippen LogP contribution in [-0.4, -0.2) is 24.6 Å². The highest BCUT2D eigenvalue weighted by atomic mass is 16.6. The third kappa shape index (κ3) is 3.80. The van der Waals surface area contributed by atoms with E-state index in [1.165, 1.54) is 25.3 Å². The van der Waals surface area contributed by atoms with Crippen LogP contribution >= 0.6 is 0 Å². The molecule has 1 aromatic rings. The van der Waals surface area contributed by atoms with E-state index >= 15 is 0 Å². The molecule has 0 bridgehead atoms. The maximum absolute atomic E-state index is 11.5. The van der Waals surface area contributed by atoms with E-state index in [1.807, 2.05) is 0 Å². The van der Waals surface area contributed by atoms with Crippen molar-refractivity contribution in [1.29, 1.82) is 0 Å². The average Bonchev–Trinajstić information content (AvgIpc) is 2.39. The molecule has 0 atom stereocenters. The first-order valence-corrected chi connectivity index (χ1v) is 5.67. The number of nitrogens with zero attached hydrogens (tertiary/aromatic N) is 1. The standard InChI is InChI=1S/C13H15NO5/c1-4-19-13(15)9(2)7-10-5-6-11(18-3)8-12(10)14(16)17/h5-8H,4H2,1-3H3/b9-7-. The van der Waals surface area contributed by atoms with Gasteiger partial charge in [-0.05, 0) is 32.1 Å².